The molecule has 3 rings (SSSR count). The fourth-order valence-electron chi connectivity index (χ4n) is 1.97. The molecule has 3 heterocycles. The van der Waals surface area contributed by atoms with Crippen LogP contribution in [0.3, 0.4) is 0 Å². The Labute approximate surface area is 91.1 Å². The Morgan fingerprint density at radius 3 is 2.87 bits per heavy atom. The maximum atomic E-state index is 4.55. The molecule has 0 amide bonds. The van der Waals surface area contributed by atoms with Crippen LogP contribution >= 0.6 is 11.3 Å². The van der Waals surface area contributed by atoms with Gasteiger partial charge in [-0.15, -0.1) is 11.3 Å². The molecule has 15 heavy (non-hydrogen) atoms. The Morgan fingerprint density at radius 2 is 2.07 bits per heavy atom. The minimum Gasteiger partial charge on any atom is -0.281 e. The fraction of sp³-hybridized carbons (Fsp3) is 0.273. The molecule has 0 fully saturated rings. The van der Waals surface area contributed by atoms with Crippen molar-refractivity contribution in [1.29, 1.82) is 0 Å². The first-order chi connectivity index (χ1) is 7.16. The Kier molecular flexibility index (Phi) is 1.65. The zero-order valence-electron chi connectivity index (χ0n) is 8.88. The largest absolute Gasteiger partial charge is 0.281 e. The van der Waals surface area contributed by atoms with E-state index in [0.29, 0.717) is 0 Å². The van der Waals surface area contributed by atoms with Gasteiger partial charge in [-0.05, 0) is 32.4 Å². The van der Waals surface area contributed by atoms with E-state index in [-0.39, 0.29) is 0 Å². The second-order valence-corrected chi connectivity index (χ2v) is 4.89. The molecule has 3 nitrogen and oxygen atoms in total. The van der Waals surface area contributed by atoms with Gasteiger partial charge in [0.1, 0.15) is 10.3 Å². The average Bonchev–Trinajstić information content (AvgIpc) is 2.66. The van der Waals surface area contributed by atoms with Crippen LogP contribution in [-0.2, 0) is 0 Å². The van der Waals surface area contributed by atoms with Crippen LogP contribution in [0.5, 0.6) is 0 Å². The Bertz CT molecular complexity index is 663. The highest BCUT2D eigenvalue weighted by atomic mass is 32.1. The lowest BCUT2D eigenvalue weighted by Crippen LogP contribution is -1.83. The van der Waals surface area contributed by atoms with Crippen LogP contribution < -0.4 is 0 Å². The highest BCUT2D eigenvalue weighted by Gasteiger charge is 2.13. The van der Waals surface area contributed by atoms with Gasteiger partial charge in [0.2, 0.25) is 0 Å². The zero-order valence-corrected chi connectivity index (χ0v) is 9.70. The van der Waals surface area contributed by atoms with E-state index in [1.165, 1.54) is 15.6 Å². The van der Waals surface area contributed by atoms with Crippen molar-refractivity contribution in [1.82, 2.24) is 15.2 Å². The lowest BCUT2D eigenvalue weighted by molar-refractivity contribution is 1.07. The van der Waals surface area contributed by atoms with Crippen molar-refractivity contribution in [3.63, 3.8) is 0 Å². The standard InChI is InChI=1S/C11H11N3S/c1-5-4-6(2)12-11-8(5)9-10(15-11)7(3)13-14-9/h4H,1-3H3,(H,13,14). The topological polar surface area (TPSA) is 41.6 Å². The van der Waals surface area contributed by atoms with Crippen LogP contribution in [0.1, 0.15) is 17.0 Å². The lowest BCUT2D eigenvalue weighted by atomic mass is 10.1. The van der Waals surface area contributed by atoms with Gasteiger partial charge < -0.3 is 0 Å². The number of hydrogen-bond donors (Lipinski definition) is 1. The van der Waals surface area contributed by atoms with Gasteiger partial charge in [-0.3, -0.25) is 5.10 Å². The van der Waals surface area contributed by atoms with Crippen molar-refractivity contribution in [2.75, 3.05) is 0 Å². The highest BCUT2D eigenvalue weighted by Crippen LogP contribution is 2.34. The minimum absolute atomic E-state index is 1.07. The van der Waals surface area contributed by atoms with Gasteiger partial charge in [0, 0.05) is 11.1 Å². The van der Waals surface area contributed by atoms with Gasteiger partial charge in [-0.1, -0.05) is 0 Å². The van der Waals surface area contributed by atoms with Gasteiger partial charge in [0.15, 0.2) is 0 Å². The number of aromatic nitrogens is 3. The number of fused-ring (bicyclic) bond motifs is 3. The smallest absolute Gasteiger partial charge is 0.126 e. The van der Waals surface area contributed by atoms with Crippen LogP contribution in [0.4, 0.5) is 0 Å². The molecule has 0 bridgehead atoms. The normalized spacial score (nSPS) is 11.7. The number of hydrogen-bond acceptors (Lipinski definition) is 3. The van der Waals surface area contributed by atoms with Crippen molar-refractivity contribution in [3.8, 4) is 0 Å². The molecule has 0 aliphatic heterocycles. The molecule has 1 N–H and O–H groups in total. The summed E-state index contributed by atoms with van der Waals surface area (Å²) in [5.41, 5.74) is 4.53. The van der Waals surface area contributed by atoms with Crippen molar-refractivity contribution in [2.24, 2.45) is 0 Å². The quantitative estimate of drug-likeness (QED) is 0.628. The third-order valence-electron chi connectivity index (χ3n) is 2.64. The van der Waals surface area contributed by atoms with E-state index in [4.69, 9.17) is 0 Å². The zero-order chi connectivity index (χ0) is 10.6. The predicted octanol–water partition coefficient (Wildman–Crippen LogP) is 3.10. The van der Waals surface area contributed by atoms with Crippen LogP contribution in [0, 0.1) is 20.8 Å². The molecule has 3 aromatic heterocycles. The Morgan fingerprint density at radius 1 is 1.27 bits per heavy atom. The lowest BCUT2D eigenvalue weighted by Gasteiger charge is -1.97. The first kappa shape index (κ1) is 8.85. The van der Waals surface area contributed by atoms with Gasteiger partial charge in [-0.25, -0.2) is 4.98 Å². The van der Waals surface area contributed by atoms with E-state index < -0.39 is 0 Å². The van der Waals surface area contributed by atoms with E-state index >= 15 is 0 Å². The average molecular weight is 217 g/mol. The number of thiophene rings is 1. The highest BCUT2D eigenvalue weighted by molar-refractivity contribution is 7.25. The molecule has 0 spiro atoms. The summed E-state index contributed by atoms with van der Waals surface area (Å²) < 4.78 is 1.23. The van der Waals surface area contributed by atoms with Crippen LogP contribution in [0.25, 0.3) is 20.4 Å². The van der Waals surface area contributed by atoms with E-state index in [1.54, 1.807) is 11.3 Å². The monoisotopic (exact) mass is 217 g/mol. The van der Waals surface area contributed by atoms with E-state index in [1.807, 2.05) is 13.8 Å². The van der Waals surface area contributed by atoms with E-state index in [0.717, 1.165) is 21.7 Å². The van der Waals surface area contributed by atoms with Crippen LogP contribution in [0.15, 0.2) is 6.07 Å². The second-order valence-electron chi connectivity index (χ2n) is 3.89. The van der Waals surface area contributed by atoms with Gasteiger partial charge in [0.25, 0.3) is 0 Å². The van der Waals surface area contributed by atoms with Gasteiger partial charge in [-0.2, -0.15) is 5.10 Å². The molecule has 0 saturated heterocycles. The SMILES string of the molecule is Cc1cc(C)c2c(n1)sc1c(C)[nH]nc12. The number of nitrogens with zero attached hydrogens (tertiary/aromatic N) is 2. The molecule has 0 aromatic carbocycles. The molecular formula is C11H11N3S. The molecule has 0 saturated carbocycles. The van der Waals surface area contributed by atoms with Crippen molar-refractivity contribution in [2.45, 2.75) is 20.8 Å². The first-order valence-corrected chi connectivity index (χ1v) is 5.70. The molecule has 4 heteroatoms. The van der Waals surface area contributed by atoms with E-state index in [9.17, 15) is 0 Å². The summed E-state index contributed by atoms with van der Waals surface area (Å²) in [5, 5.41) is 8.56. The maximum absolute atomic E-state index is 4.55. The summed E-state index contributed by atoms with van der Waals surface area (Å²) in [7, 11) is 0. The van der Waals surface area contributed by atoms with Crippen LogP contribution in [0.2, 0.25) is 0 Å². The summed E-state index contributed by atoms with van der Waals surface area (Å²) >= 11 is 1.72. The molecule has 3 aromatic rings. The number of rotatable bonds is 0. The fourth-order valence-corrected chi connectivity index (χ4v) is 3.16. The third-order valence-corrected chi connectivity index (χ3v) is 3.83. The summed E-state index contributed by atoms with van der Waals surface area (Å²) in [5.74, 6) is 0. The van der Waals surface area contributed by atoms with Crippen molar-refractivity contribution < 1.29 is 0 Å². The summed E-state index contributed by atoms with van der Waals surface area (Å²) in [4.78, 5) is 5.65. The minimum atomic E-state index is 1.07. The number of pyridine rings is 1. The number of H-pyrrole nitrogens is 1. The summed E-state index contributed by atoms with van der Waals surface area (Å²) in [6.07, 6.45) is 0. The molecule has 0 radical (unpaired) electrons. The number of aromatic amines is 1. The van der Waals surface area contributed by atoms with Crippen molar-refractivity contribution >= 4 is 31.8 Å². The molecular weight excluding hydrogens is 206 g/mol. The molecule has 76 valence electrons. The predicted molar refractivity (Wildman–Crippen MR) is 63.5 cm³/mol. The number of aryl methyl sites for hydroxylation is 3. The first-order valence-electron chi connectivity index (χ1n) is 4.88. The van der Waals surface area contributed by atoms with Crippen LogP contribution in [-0.4, -0.2) is 15.2 Å². The molecule has 0 aliphatic carbocycles. The van der Waals surface area contributed by atoms with Gasteiger partial charge >= 0.3 is 0 Å². The molecule has 0 unspecified atom stereocenters. The van der Waals surface area contributed by atoms with E-state index in [2.05, 4.69) is 28.2 Å². The number of nitrogens with one attached hydrogen (secondary N) is 1. The Balaban J connectivity index is 2.60. The van der Waals surface area contributed by atoms with Gasteiger partial charge in [0.05, 0.1) is 10.4 Å². The summed E-state index contributed by atoms with van der Waals surface area (Å²) in [6.45, 7) is 6.20. The second kappa shape index (κ2) is 2.79. The molecule has 0 aliphatic rings. The van der Waals surface area contributed by atoms with Crippen molar-refractivity contribution in [3.05, 3.63) is 23.0 Å². The summed E-state index contributed by atoms with van der Waals surface area (Å²) in [6, 6.07) is 2.11. The Hall–Kier alpha value is -1.42. The molecule has 0 atom stereocenters. The third kappa shape index (κ3) is 1.11. The maximum Gasteiger partial charge on any atom is 0.126 e.